The minimum atomic E-state index is -1.05. The zero-order chi connectivity index (χ0) is 23.0. The quantitative estimate of drug-likeness (QED) is 0.507. The SMILES string of the molecule is O=C(O)COC1(c2cccc(Br)c2)CN(C(=O)OCC2c3ccccc3-c3ccccc32)C1. The molecule has 0 spiro atoms. The first-order valence-electron chi connectivity index (χ1n) is 10.7. The number of amides is 1. The number of aliphatic carboxylic acids is 1. The van der Waals surface area contributed by atoms with Gasteiger partial charge in [0, 0.05) is 10.4 Å². The summed E-state index contributed by atoms with van der Waals surface area (Å²) >= 11 is 3.44. The van der Waals surface area contributed by atoms with E-state index in [9.17, 15) is 9.59 Å². The van der Waals surface area contributed by atoms with Crippen molar-refractivity contribution in [2.24, 2.45) is 0 Å². The molecule has 3 aromatic carbocycles. The normalized spacial score (nSPS) is 16.0. The number of carboxylic acid groups (broad SMARTS) is 1. The summed E-state index contributed by atoms with van der Waals surface area (Å²) in [5, 5.41) is 9.10. The molecule has 0 saturated carbocycles. The van der Waals surface area contributed by atoms with Crippen LogP contribution in [0.1, 0.15) is 22.6 Å². The molecular formula is C26H22BrNO5. The van der Waals surface area contributed by atoms with Crippen LogP contribution in [0, 0.1) is 0 Å². The number of benzene rings is 3. The smallest absolute Gasteiger partial charge is 0.410 e. The summed E-state index contributed by atoms with van der Waals surface area (Å²) in [5.74, 6) is -1.07. The Bertz CT molecular complexity index is 1180. The van der Waals surface area contributed by atoms with Crippen molar-refractivity contribution < 1.29 is 24.2 Å². The first-order valence-corrected chi connectivity index (χ1v) is 11.5. The summed E-state index contributed by atoms with van der Waals surface area (Å²) < 4.78 is 12.3. The number of likely N-dealkylation sites (tertiary alicyclic amines) is 1. The molecule has 1 heterocycles. The first kappa shape index (κ1) is 21.7. The summed E-state index contributed by atoms with van der Waals surface area (Å²) in [7, 11) is 0. The van der Waals surface area contributed by atoms with Crippen molar-refractivity contribution in [3.63, 3.8) is 0 Å². The van der Waals surface area contributed by atoms with Crippen molar-refractivity contribution >= 4 is 28.0 Å². The maximum absolute atomic E-state index is 12.9. The van der Waals surface area contributed by atoms with Crippen LogP contribution in [0.15, 0.2) is 77.3 Å². The Hall–Kier alpha value is -3.16. The van der Waals surface area contributed by atoms with Gasteiger partial charge in [-0.15, -0.1) is 0 Å². The highest BCUT2D eigenvalue weighted by atomic mass is 79.9. The molecule has 0 radical (unpaired) electrons. The lowest BCUT2D eigenvalue weighted by Gasteiger charge is -2.49. The second-order valence-electron chi connectivity index (χ2n) is 8.35. The van der Waals surface area contributed by atoms with Crippen LogP contribution in [-0.4, -0.2) is 48.4 Å². The molecule has 5 rings (SSSR count). The molecule has 0 bridgehead atoms. The molecule has 33 heavy (non-hydrogen) atoms. The number of rotatable bonds is 6. The third kappa shape index (κ3) is 4.03. The van der Waals surface area contributed by atoms with E-state index in [1.54, 1.807) is 4.90 Å². The van der Waals surface area contributed by atoms with E-state index >= 15 is 0 Å². The molecule has 6 nitrogen and oxygen atoms in total. The van der Waals surface area contributed by atoms with Crippen molar-refractivity contribution in [2.75, 3.05) is 26.3 Å². The summed E-state index contributed by atoms with van der Waals surface area (Å²) in [6.45, 7) is 0.259. The molecule has 1 aliphatic heterocycles. The predicted molar refractivity (Wildman–Crippen MR) is 126 cm³/mol. The summed E-state index contributed by atoms with van der Waals surface area (Å²) in [4.78, 5) is 25.5. The van der Waals surface area contributed by atoms with Crippen molar-refractivity contribution in [1.29, 1.82) is 0 Å². The van der Waals surface area contributed by atoms with Gasteiger partial charge in [0.15, 0.2) is 0 Å². The van der Waals surface area contributed by atoms with Gasteiger partial charge in [-0.3, -0.25) is 0 Å². The second kappa shape index (κ2) is 8.65. The molecule has 0 aromatic heterocycles. The van der Waals surface area contributed by atoms with Crippen molar-refractivity contribution in [3.8, 4) is 11.1 Å². The van der Waals surface area contributed by atoms with E-state index in [0.717, 1.165) is 21.2 Å². The number of hydrogen-bond acceptors (Lipinski definition) is 4. The Kier molecular flexibility index (Phi) is 5.68. The number of fused-ring (bicyclic) bond motifs is 3. The van der Waals surface area contributed by atoms with Gasteiger partial charge in [0.05, 0.1) is 13.1 Å². The maximum Gasteiger partial charge on any atom is 0.410 e. The van der Waals surface area contributed by atoms with E-state index in [4.69, 9.17) is 14.6 Å². The lowest BCUT2D eigenvalue weighted by Crippen LogP contribution is -2.63. The zero-order valence-corrected chi connectivity index (χ0v) is 19.3. The van der Waals surface area contributed by atoms with Gasteiger partial charge < -0.3 is 19.5 Å². The molecule has 1 saturated heterocycles. The Labute approximate surface area is 199 Å². The largest absolute Gasteiger partial charge is 0.480 e. The molecule has 3 aromatic rings. The monoisotopic (exact) mass is 507 g/mol. The molecule has 0 atom stereocenters. The van der Waals surface area contributed by atoms with Gasteiger partial charge in [0.2, 0.25) is 0 Å². The minimum absolute atomic E-state index is 0.0132. The van der Waals surface area contributed by atoms with E-state index in [-0.39, 0.29) is 25.6 Å². The van der Waals surface area contributed by atoms with Gasteiger partial charge in [-0.25, -0.2) is 9.59 Å². The number of halogens is 1. The lowest BCUT2D eigenvalue weighted by atomic mass is 9.86. The topological polar surface area (TPSA) is 76.1 Å². The van der Waals surface area contributed by atoms with Gasteiger partial charge in [-0.1, -0.05) is 76.6 Å². The molecule has 0 unspecified atom stereocenters. The molecule has 2 aliphatic rings. The predicted octanol–water partition coefficient (Wildman–Crippen LogP) is 5.01. The highest BCUT2D eigenvalue weighted by Crippen LogP contribution is 2.45. The molecule has 1 aliphatic carbocycles. The molecule has 7 heteroatoms. The van der Waals surface area contributed by atoms with Gasteiger partial charge in [-0.05, 0) is 39.9 Å². The number of carbonyl (C=O) groups is 2. The van der Waals surface area contributed by atoms with Gasteiger partial charge in [0.1, 0.15) is 18.8 Å². The Morgan fingerprint density at radius 2 is 1.61 bits per heavy atom. The van der Waals surface area contributed by atoms with Crippen LogP contribution in [-0.2, 0) is 19.9 Å². The van der Waals surface area contributed by atoms with E-state index < -0.39 is 24.3 Å². The summed E-state index contributed by atoms with van der Waals surface area (Å²) in [6.07, 6.45) is -0.429. The summed E-state index contributed by atoms with van der Waals surface area (Å²) in [5.41, 5.74) is 4.61. The second-order valence-corrected chi connectivity index (χ2v) is 9.26. The number of nitrogens with zero attached hydrogens (tertiary/aromatic N) is 1. The fourth-order valence-electron chi connectivity index (χ4n) is 4.71. The van der Waals surface area contributed by atoms with E-state index in [1.807, 2.05) is 48.5 Å². The first-order chi connectivity index (χ1) is 16.0. The molecule has 1 fully saturated rings. The molecular weight excluding hydrogens is 486 g/mol. The van der Waals surface area contributed by atoms with E-state index in [1.165, 1.54) is 11.1 Å². The molecule has 168 valence electrons. The van der Waals surface area contributed by atoms with Gasteiger partial charge in [-0.2, -0.15) is 0 Å². The van der Waals surface area contributed by atoms with Crippen LogP contribution in [0.3, 0.4) is 0 Å². The number of ether oxygens (including phenoxy) is 2. The van der Waals surface area contributed by atoms with Crippen LogP contribution in [0.5, 0.6) is 0 Å². The van der Waals surface area contributed by atoms with Crippen LogP contribution in [0.4, 0.5) is 4.79 Å². The Morgan fingerprint density at radius 1 is 0.970 bits per heavy atom. The van der Waals surface area contributed by atoms with Crippen LogP contribution < -0.4 is 0 Å². The third-order valence-corrected chi connectivity index (χ3v) is 6.80. The van der Waals surface area contributed by atoms with Crippen LogP contribution >= 0.6 is 15.9 Å². The fraction of sp³-hybridized carbons (Fsp3) is 0.231. The van der Waals surface area contributed by atoms with Gasteiger partial charge in [0.25, 0.3) is 0 Å². The van der Waals surface area contributed by atoms with E-state index in [2.05, 4.69) is 40.2 Å². The number of carboxylic acids is 1. The Balaban J connectivity index is 1.28. The van der Waals surface area contributed by atoms with Crippen LogP contribution in [0.25, 0.3) is 11.1 Å². The van der Waals surface area contributed by atoms with Crippen molar-refractivity contribution in [2.45, 2.75) is 11.5 Å². The van der Waals surface area contributed by atoms with Crippen molar-refractivity contribution in [1.82, 2.24) is 4.90 Å². The number of hydrogen-bond donors (Lipinski definition) is 1. The van der Waals surface area contributed by atoms with Gasteiger partial charge >= 0.3 is 12.1 Å². The highest BCUT2D eigenvalue weighted by Gasteiger charge is 2.49. The maximum atomic E-state index is 12.9. The van der Waals surface area contributed by atoms with Crippen molar-refractivity contribution in [3.05, 3.63) is 94.0 Å². The zero-order valence-electron chi connectivity index (χ0n) is 17.7. The van der Waals surface area contributed by atoms with Crippen LogP contribution in [0.2, 0.25) is 0 Å². The minimum Gasteiger partial charge on any atom is -0.480 e. The average molecular weight is 508 g/mol. The average Bonchev–Trinajstić information content (AvgIpc) is 3.10. The van der Waals surface area contributed by atoms with E-state index in [0.29, 0.717) is 0 Å². The Morgan fingerprint density at radius 3 is 2.21 bits per heavy atom. The standard InChI is InChI=1S/C26H22BrNO5/c27-18-7-5-6-17(12-18)26(33-14-24(29)30)15-28(16-26)25(31)32-13-23-21-10-3-1-8-19(21)20-9-2-4-11-22(20)23/h1-12,23H,13-16H2,(H,29,30). The lowest BCUT2D eigenvalue weighted by molar-refractivity contribution is -0.168. The highest BCUT2D eigenvalue weighted by molar-refractivity contribution is 9.10. The molecule has 1 N–H and O–H groups in total. The third-order valence-electron chi connectivity index (χ3n) is 6.31. The summed E-state index contributed by atoms with van der Waals surface area (Å²) in [6, 6.07) is 23.9. The fourth-order valence-corrected chi connectivity index (χ4v) is 5.11. The number of carbonyl (C=O) groups excluding carboxylic acids is 1. The molecule has 1 amide bonds.